The van der Waals surface area contributed by atoms with Gasteiger partial charge in [-0.05, 0) is 51.1 Å². The molecule has 5 rings (SSSR count). The molecule has 1 amide bonds. The number of benzene rings is 1. The number of carbonyl (C=O) groups is 1. The van der Waals surface area contributed by atoms with Crippen molar-refractivity contribution in [2.75, 3.05) is 64.3 Å². The van der Waals surface area contributed by atoms with Gasteiger partial charge in [0.15, 0.2) is 5.82 Å². The Hall–Kier alpha value is -3.54. The molecule has 0 saturated carbocycles. The van der Waals surface area contributed by atoms with E-state index in [0.717, 1.165) is 61.1 Å². The summed E-state index contributed by atoms with van der Waals surface area (Å²) in [5.74, 6) is 1.62. The molecule has 214 valence electrons. The van der Waals surface area contributed by atoms with Crippen molar-refractivity contribution < 1.29 is 18.0 Å². The molecular weight excluding hydrogens is 521 g/mol. The van der Waals surface area contributed by atoms with Crippen molar-refractivity contribution in [2.45, 2.75) is 39.0 Å². The summed E-state index contributed by atoms with van der Waals surface area (Å²) >= 11 is 0. The second kappa shape index (κ2) is 11.1. The van der Waals surface area contributed by atoms with Crippen molar-refractivity contribution in [1.82, 2.24) is 24.9 Å². The minimum atomic E-state index is -4.38. The van der Waals surface area contributed by atoms with E-state index in [1.165, 1.54) is 12.1 Å². The third-order valence-electron chi connectivity index (χ3n) is 8.10. The largest absolute Gasteiger partial charge is 0.416 e. The van der Waals surface area contributed by atoms with Gasteiger partial charge in [-0.3, -0.25) is 14.8 Å². The minimum Gasteiger partial charge on any atom is -0.351 e. The summed E-state index contributed by atoms with van der Waals surface area (Å²) in [6.07, 6.45) is -2.64. The Morgan fingerprint density at radius 2 is 1.65 bits per heavy atom. The number of anilines is 1. The number of alkyl halides is 3. The number of carbonyl (C=O) groups excluding carboxylic acids is 1. The number of hydrogen-bond acceptors (Lipinski definition) is 8. The molecular formula is C28H35F3N8O. The molecule has 4 heterocycles. The molecule has 2 atom stereocenters. The lowest BCUT2D eigenvalue weighted by Crippen LogP contribution is -2.56. The predicted octanol–water partition coefficient (Wildman–Crippen LogP) is 2.92. The lowest BCUT2D eigenvalue weighted by Gasteiger charge is -2.42. The Kier molecular flexibility index (Phi) is 7.80. The summed E-state index contributed by atoms with van der Waals surface area (Å²) in [6, 6.07) is 4.70. The van der Waals surface area contributed by atoms with Crippen molar-refractivity contribution >= 4 is 23.8 Å². The summed E-state index contributed by atoms with van der Waals surface area (Å²) < 4.78 is 38.9. The highest BCUT2D eigenvalue weighted by Gasteiger charge is 2.32. The lowest BCUT2D eigenvalue weighted by atomic mass is 10.0. The van der Waals surface area contributed by atoms with Crippen LogP contribution in [0.1, 0.15) is 23.6 Å². The van der Waals surface area contributed by atoms with Gasteiger partial charge in [-0.15, -0.1) is 10.2 Å². The van der Waals surface area contributed by atoms with Crippen LogP contribution in [0.2, 0.25) is 0 Å². The zero-order valence-corrected chi connectivity index (χ0v) is 23.3. The highest BCUT2D eigenvalue weighted by Crippen LogP contribution is 2.33. The van der Waals surface area contributed by atoms with Gasteiger partial charge in [0.25, 0.3) is 0 Å². The molecule has 0 N–H and O–H groups in total. The van der Waals surface area contributed by atoms with E-state index in [-0.39, 0.29) is 11.9 Å². The molecule has 2 unspecified atom stereocenters. The molecule has 12 heteroatoms. The maximum absolute atomic E-state index is 13.0. The van der Waals surface area contributed by atoms with Gasteiger partial charge in [-0.2, -0.15) is 13.2 Å². The van der Waals surface area contributed by atoms with Gasteiger partial charge in [-0.1, -0.05) is 12.1 Å². The van der Waals surface area contributed by atoms with Crippen LogP contribution >= 0.6 is 0 Å². The molecule has 0 radical (unpaired) electrons. The molecule has 40 heavy (non-hydrogen) atoms. The number of amidine groups is 1. The number of hydrogen-bond donors (Lipinski definition) is 0. The van der Waals surface area contributed by atoms with E-state index in [0.29, 0.717) is 37.4 Å². The van der Waals surface area contributed by atoms with Gasteiger partial charge in [-0.25, -0.2) is 0 Å². The van der Waals surface area contributed by atoms with Gasteiger partial charge in [0.2, 0.25) is 5.91 Å². The second-order valence-electron chi connectivity index (χ2n) is 10.8. The van der Waals surface area contributed by atoms with E-state index in [4.69, 9.17) is 4.99 Å². The second-order valence-corrected chi connectivity index (χ2v) is 10.8. The van der Waals surface area contributed by atoms with Crippen molar-refractivity contribution in [1.29, 1.82) is 0 Å². The first-order chi connectivity index (χ1) is 19.0. The molecule has 3 aliphatic rings. The van der Waals surface area contributed by atoms with Gasteiger partial charge < -0.3 is 19.6 Å². The number of piperazine rings is 2. The van der Waals surface area contributed by atoms with E-state index >= 15 is 0 Å². The van der Waals surface area contributed by atoms with Crippen LogP contribution in [0.3, 0.4) is 0 Å². The summed E-state index contributed by atoms with van der Waals surface area (Å²) in [7, 11) is 2.06. The quantitative estimate of drug-likeness (QED) is 0.579. The monoisotopic (exact) mass is 556 g/mol. The average molecular weight is 557 g/mol. The summed E-state index contributed by atoms with van der Waals surface area (Å²) in [5.41, 5.74) is 2.33. The van der Waals surface area contributed by atoms with Crippen LogP contribution in [0.5, 0.6) is 0 Å². The molecule has 0 aliphatic carbocycles. The van der Waals surface area contributed by atoms with Crippen LogP contribution in [0.25, 0.3) is 11.3 Å². The molecule has 1 aromatic heterocycles. The molecule has 9 nitrogen and oxygen atoms in total. The van der Waals surface area contributed by atoms with Crippen LogP contribution in [0.15, 0.2) is 34.3 Å². The molecule has 1 aromatic carbocycles. The first-order valence-corrected chi connectivity index (χ1v) is 13.6. The normalized spacial score (nSPS) is 22.5. The molecule has 2 fully saturated rings. The number of likely N-dealkylation sites (N-methyl/N-ethyl adjacent to an activating group) is 1. The summed E-state index contributed by atoms with van der Waals surface area (Å²) in [4.78, 5) is 30.7. The summed E-state index contributed by atoms with van der Waals surface area (Å²) in [5, 5.41) is 8.90. The van der Waals surface area contributed by atoms with Gasteiger partial charge in [0.1, 0.15) is 11.9 Å². The zero-order valence-electron chi connectivity index (χ0n) is 23.3. The molecule has 2 aromatic rings. The van der Waals surface area contributed by atoms with E-state index in [9.17, 15) is 18.0 Å². The third-order valence-corrected chi connectivity index (χ3v) is 8.10. The highest BCUT2D eigenvalue weighted by atomic mass is 19.4. The number of nitrogens with zero attached hydrogens (tertiary/aromatic N) is 8. The number of aromatic nitrogens is 2. The van der Waals surface area contributed by atoms with E-state index in [1.54, 1.807) is 6.21 Å². The van der Waals surface area contributed by atoms with Crippen molar-refractivity contribution in [2.24, 2.45) is 9.98 Å². The van der Waals surface area contributed by atoms with Crippen LogP contribution in [-0.2, 0) is 11.0 Å². The van der Waals surface area contributed by atoms with E-state index in [2.05, 4.69) is 43.9 Å². The van der Waals surface area contributed by atoms with Crippen molar-refractivity contribution in [3.63, 3.8) is 0 Å². The summed E-state index contributed by atoms with van der Waals surface area (Å²) in [6.45, 7) is 11.7. The van der Waals surface area contributed by atoms with Crippen LogP contribution < -0.4 is 4.90 Å². The maximum Gasteiger partial charge on any atom is 0.416 e. The van der Waals surface area contributed by atoms with Gasteiger partial charge in [0.05, 0.1) is 24.0 Å². The van der Waals surface area contributed by atoms with Crippen molar-refractivity contribution in [3.05, 3.63) is 41.0 Å². The number of rotatable bonds is 3. The van der Waals surface area contributed by atoms with Gasteiger partial charge >= 0.3 is 6.18 Å². The third kappa shape index (κ3) is 5.67. The number of aliphatic imine (C=N–C) groups is 2. The van der Waals surface area contributed by atoms with Crippen LogP contribution in [0, 0.1) is 13.8 Å². The Labute approximate surface area is 232 Å². The first kappa shape index (κ1) is 28.0. The van der Waals surface area contributed by atoms with Crippen LogP contribution in [0.4, 0.5) is 19.0 Å². The molecule has 0 spiro atoms. The SMILES string of the molecule is Cc1c(-c2ccc(C(F)(F)F)cc2)nnc(N2CCN(C3=NCC(C(=O)N4CCN(C)CC4)N=C3)C(C)C2)c1C. The fourth-order valence-corrected chi connectivity index (χ4v) is 5.44. The number of halogens is 3. The van der Waals surface area contributed by atoms with Gasteiger partial charge in [0, 0.05) is 57.4 Å². The predicted molar refractivity (Wildman–Crippen MR) is 149 cm³/mol. The standard InChI is InChI=1S/C28H35F3N8O/c1-18-17-38(26-20(3)19(2)25(34-35-26)21-5-7-22(8-6-21)28(29,30)31)13-14-39(18)24-16-32-23(15-33-24)27(40)37-11-9-36(4)10-12-37/h5-8,16,18,23H,9-15,17H2,1-4H3. The number of amides is 1. The average Bonchev–Trinajstić information content (AvgIpc) is 2.94. The topological polar surface area (TPSA) is 80.5 Å². The fraction of sp³-hybridized carbons (Fsp3) is 0.536. The Balaban J connectivity index is 1.22. The highest BCUT2D eigenvalue weighted by molar-refractivity contribution is 6.30. The zero-order chi connectivity index (χ0) is 28.6. The Bertz CT molecular complexity index is 1300. The maximum atomic E-state index is 13.0. The van der Waals surface area contributed by atoms with Crippen molar-refractivity contribution in [3.8, 4) is 11.3 Å². The van der Waals surface area contributed by atoms with Crippen LogP contribution in [-0.4, -0.2) is 114 Å². The molecule has 0 bridgehead atoms. The Morgan fingerprint density at radius 1 is 0.950 bits per heavy atom. The molecule has 2 saturated heterocycles. The smallest absolute Gasteiger partial charge is 0.351 e. The minimum absolute atomic E-state index is 0.0502. The van der Waals surface area contributed by atoms with E-state index in [1.807, 2.05) is 18.7 Å². The Morgan fingerprint density at radius 3 is 2.25 bits per heavy atom. The fourth-order valence-electron chi connectivity index (χ4n) is 5.44. The molecule has 3 aliphatic heterocycles. The first-order valence-electron chi connectivity index (χ1n) is 13.6. The lowest BCUT2D eigenvalue weighted by molar-refractivity contribution is -0.137. The van der Waals surface area contributed by atoms with E-state index < -0.39 is 17.8 Å².